The predicted molar refractivity (Wildman–Crippen MR) is 128 cm³/mol. The first kappa shape index (κ1) is 26.7. The third-order valence-corrected chi connectivity index (χ3v) is 5.28. The van der Waals surface area contributed by atoms with Crippen LogP contribution in [0, 0.1) is 0 Å². The van der Waals surface area contributed by atoms with Crippen molar-refractivity contribution in [3.8, 4) is 5.75 Å². The van der Waals surface area contributed by atoms with Crippen molar-refractivity contribution in [1.82, 2.24) is 16.0 Å². The number of hydrogen-bond acceptors (Lipinski definition) is 7. The summed E-state index contributed by atoms with van der Waals surface area (Å²) in [7, 11) is 0. The molecule has 0 aliphatic carbocycles. The Hall–Kier alpha value is -3.57. The quantitative estimate of drug-likeness (QED) is 0.199. The van der Waals surface area contributed by atoms with Crippen molar-refractivity contribution in [1.29, 1.82) is 0 Å². The fourth-order valence-corrected chi connectivity index (χ4v) is 3.19. The van der Waals surface area contributed by atoms with Crippen LogP contribution in [0.5, 0.6) is 5.75 Å². The summed E-state index contributed by atoms with van der Waals surface area (Å²) in [5.74, 6) is -3.03. The zero-order chi connectivity index (χ0) is 25.1. The van der Waals surface area contributed by atoms with Gasteiger partial charge in [-0.05, 0) is 23.3 Å². The fourth-order valence-electron chi connectivity index (χ4n) is 3.02. The molecule has 0 aliphatic heterocycles. The molecule has 0 fully saturated rings. The monoisotopic (exact) mass is 488 g/mol. The van der Waals surface area contributed by atoms with Crippen LogP contribution < -0.4 is 21.7 Å². The number of aliphatic carboxylic acids is 1. The summed E-state index contributed by atoms with van der Waals surface area (Å²) in [6.45, 7) is -0.488. The van der Waals surface area contributed by atoms with Crippen LogP contribution in [0.2, 0.25) is 0 Å². The Kier molecular flexibility index (Phi) is 10.4. The molecular weight excluding hydrogens is 460 g/mol. The van der Waals surface area contributed by atoms with Gasteiger partial charge in [-0.3, -0.25) is 14.4 Å². The molecule has 2 rings (SSSR count). The Morgan fingerprint density at radius 1 is 0.853 bits per heavy atom. The maximum absolute atomic E-state index is 12.7. The molecule has 0 saturated carbocycles. The van der Waals surface area contributed by atoms with Crippen LogP contribution in [-0.4, -0.2) is 64.3 Å². The molecule has 0 spiro atoms. The smallest absolute Gasteiger partial charge is 0.326 e. The molecule has 10 nitrogen and oxygen atoms in total. The minimum absolute atomic E-state index is 0.0473. The van der Waals surface area contributed by atoms with E-state index in [4.69, 9.17) is 5.73 Å². The van der Waals surface area contributed by atoms with Crippen LogP contribution in [-0.2, 0) is 32.0 Å². The van der Waals surface area contributed by atoms with Gasteiger partial charge in [0.05, 0.1) is 12.6 Å². The maximum atomic E-state index is 12.7. The van der Waals surface area contributed by atoms with E-state index >= 15 is 0 Å². The van der Waals surface area contributed by atoms with Gasteiger partial charge in [0.1, 0.15) is 17.8 Å². The second kappa shape index (κ2) is 13.2. The minimum atomic E-state index is -1.21. The molecule has 7 N–H and O–H groups in total. The normalized spacial score (nSPS) is 13.2. The Labute approximate surface area is 202 Å². The third-order valence-electron chi connectivity index (χ3n) is 4.88. The van der Waals surface area contributed by atoms with Crippen LogP contribution >= 0.6 is 12.6 Å². The largest absolute Gasteiger partial charge is 0.508 e. The number of carbonyl (C=O) groups excluding carboxylic acids is 3. The number of thiol groups is 1. The molecular formula is C23H28N4O6S. The number of carbonyl (C=O) groups is 4. The van der Waals surface area contributed by atoms with Crippen molar-refractivity contribution in [2.45, 2.75) is 31.0 Å². The van der Waals surface area contributed by atoms with Crippen LogP contribution in [0.25, 0.3) is 0 Å². The lowest BCUT2D eigenvalue weighted by atomic mass is 10.0. The molecule has 0 aliphatic rings. The van der Waals surface area contributed by atoms with Gasteiger partial charge in [0, 0.05) is 18.6 Å². The highest BCUT2D eigenvalue weighted by Crippen LogP contribution is 2.11. The minimum Gasteiger partial charge on any atom is -0.508 e. The number of carboxylic acid groups (broad SMARTS) is 1. The van der Waals surface area contributed by atoms with Crippen molar-refractivity contribution >= 4 is 36.3 Å². The van der Waals surface area contributed by atoms with Crippen molar-refractivity contribution in [3.05, 3.63) is 65.7 Å². The van der Waals surface area contributed by atoms with E-state index in [0.717, 1.165) is 5.56 Å². The molecule has 2 aromatic rings. The number of nitrogens with one attached hydrogen (secondary N) is 3. The summed E-state index contributed by atoms with van der Waals surface area (Å²) in [6.07, 6.45) is 0.154. The predicted octanol–water partition coefficient (Wildman–Crippen LogP) is -0.395. The van der Waals surface area contributed by atoms with E-state index < -0.39 is 48.4 Å². The number of nitrogens with two attached hydrogens (primary N) is 1. The van der Waals surface area contributed by atoms with Crippen molar-refractivity contribution in [2.75, 3.05) is 12.3 Å². The Balaban J connectivity index is 2.00. The average molecular weight is 489 g/mol. The molecule has 2 aromatic carbocycles. The Bertz CT molecular complexity index is 987. The molecule has 3 atom stereocenters. The fraction of sp³-hybridized carbons (Fsp3) is 0.304. The lowest BCUT2D eigenvalue weighted by Gasteiger charge is -2.21. The zero-order valence-corrected chi connectivity index (χ0v) is 19.2. The SMILES string of the molecule is NC(CS)C(=O)NC(Cc1ccc(O)cc1)C(=O)NCC(=O)NC(Cc1ccccc1)C(=O)O. The van der Waals surface area contributed by atoms with Gasteiger partial charge in [-0.15, -0.1) is 0 Å². The summed E-state index contributed by atoms with van der Waals surface area (Å²) in [5, 5.41) is 26.2. The first-order valence-corrected chi connectivity index (χ1v) is 11.1. The number of phenolic OH excluding ortho intramolecular Hbond substituents is 1. The number of amides is 3. The molecule has 0 saturated heterocycles. The first-order valence-electron chi connectivity index (χ1n) is 10.5. The second-order valence-corrected chi connectivity index (χ2v) is 7.95. The lowest BCUT2D eigenvalue weighted by Crippen LogP contribution is -2.54. The molecule has 0 aromatic heterocycles. The van der Waals surface area contributed by atoms with E-state index in [-0.39, 0.29) is 24.3 Å². The summed E-state index contributed by atoms with van der Waals surface area (Å²) < 4.78 is 0. The second-order valence-electron chi connectivity index (χ2n) is 7.59. The number of benzene rings is 2. The van der Waals surface area contributed by atoms with Gasteiger partial charge in [0.25, 0.3) is 0 Å². The van der Waals surface area contributed by atoms with Gasteiger partial charge in [0.2, 0.25) is 17.7 Å². The number of phenols is 1. The van der Waals surface area contributed by atoms with Crippen molar-refractivity contribution in [2.24, 2.45) is 5.73 Å². The summed E-state index contributed by atoms with van der Waals surface area (Å²) >= 11 is 3.98. The van der Waals surface area contributed by atoms with Gasteiger partial charge >= 0.3 is 5.97 Å². The van der Waals surface area contributed by atoms with Gasteiger partial charge in [-0.25, -0.2) is 4.79 Å². The Morgan fingerprint density at radius 2 is 1.44 bits per heavy atom. The molecule has 3 unspecified atom stereocenters. The molecule has 0 radical (unpaired) electrons. The van der Waals surface area contributed by atoms with E-state index in [0.29, 0.717) is 5.56 Å². The van der Waals surface area contributed by atoms with Crippen LogP contribution in [0.4, 0.5) is 0 Å². The standard InChI is InChI=1S/C23H28N4O6S/c24-17(13-34)21(30)27-18(10-15-6-8-16(28)9-7-15)22(31)25-12-20(29)26-19(23(32)33)11-14-4-2-1-3-5-14/h1-9,17-19,28,34H,10-13,24H2,(H,25,31)(H,26,29)(H,27,30)(H,32,33). The maximum Gasteiger partial charge on any atom is 0.326 e. The molecule has 182 valence electrons. The molecule has 3 amide bonds. The van der Waals surface area contributed by atoms with Gasteiger partial charge in [-0.1, -0.05) is 42.5 Å². The topological polar surface area (TPSA) is 171 Å². The summed E-state index contributed by atoms with van der Waals surface area (Å²) in [4.78, 5) is 48.8. The van der Waals surface area contributed by atoms with Gasteiger partial charge in [0.15, 0.2) is 0 Å². The highest BCUT2D eigenvalue weighted by molar-refractivity contribution is 7.80. The van der Waals surface area contributed by atoms with Crippen LogP contribution in [0.3, 0.4) is 0 Å². The van der Waals surface area contributed by atoms with Crippen LogP contribution in [0.1, 0.15) is 11.1 Å². The van der Waals surface area contributed by atoms with Gasteiger partial charge < -0.3 is 31.9 Å². The lowest BCUT2D eigenvalue weighted by molar-refractivity contribution is -0.141. The zero-order valence-electron chi connectivity index (χ0n) is 18.3. The van der Waals surface area contributed by atoms with Crippen molar-refractivity contribution < 1.29 is 29.4 Å². The van der Waals surface area contributed by atoms with E-state index in [2.05, 4.69) is 28.6 Å². The van der Waals surface area contributed by atoms with E-state index in [1.54, 1.807) is 42.5 Å². The highest BCUT2D eigenvalue weighted by Gasteiger charge is 2.25. The summed E-state index contributed by atoms with van der Waals surface area (Å²) in [5.41, 5.74) is 7.06. The van der Waals surface area contributed by atoms with Gasteiger partial charge in [-0.2, -0.15) is 12.6 Å². The molecule has 0 heterocycles. The third kappa shape index (κ3) is 8.75. The molecule has 0 bridgehead atoms. The average Bonchev–Trinajstić information content (AvgIpc) is 2.83. The number of hydrogen-bond donors (Lipinski definition) is 7. The number of carboxylic acids is 1. The first-order chi connectivity index (χ1) is 16.2. The highest BCUT2D eigenvalue weighted by atomic mass is 32.1. The molecule has 34 heavy (non-hydrogen) atoms. The number of rotatable bonds is 12. The summed E-state index contributed by atoms with van der Waals surface area (Å²) in [6, 6.07) is 11.7. The van der Waals surface area contributed by atoms with E-state index in [9.17, 15) is 29.4 Å². The van der Waals surface area contributed by atoms with E-state index in [1.165, 1.54) is 12.1 Å². The van der Waals surface area contributed by atoms with E-state index in [1.807, 2.05) is 0 Å². The number of aromatic hydroxyl groups is 1. The van der Waals surface area contributed by atoms with Crippen molar-refractivity contribution in [3.63, 3.8) is 0 Å². The molecule has 11 heteroatoms. The van der Waals surface area contributed by atoms with Crippen LogP contribution in [0.15, 0.2) is 54.6 Å². The Morgan fingerprint density at radius 3 is 2.03 bits per heavy atom.